The minimum absolute atomic E-state index is 0.238. The number of hydrogen-bond donors (Lipinski definition) is 1. The van der Waals surface area contributed by atoms with E-state index in [0.717, 1.165) is 22.5 Å². The highest BCUT2D eigenvalue weighted by Crippen LogP contribution is 2.33. The normalized spacial score (nSPS) is 22.1. The maximum absolute atomic E-state index is 13.5. The Morgan fingerprint density at radius 3 is 3.00 bits per heavy atom. The lowest BCUT2D eigenvalue weighted by molar-refractivity contribution is 0.350. The molecule has 1 nitrogen and oxygen atoms in total. The van der Waals surface area contributed by atoms with Gasteiger partial charge in [-0.3, -0.25) is 0 Å². The average Bonchev–Trinajstić information content (AvgIpc) is 2.45. The molecule has 20 heavy (non-hydrogen) atoms. The van der Waals surface area contributed by atoms with Crippen LogP contribution in [0.4, 0.5) is 4.39 Å². The van der Waals surface area contributed by atoms with Gasteiger partial charge < -0.3 is 5.11 Å². The fraction of sp³-hybridized carbons (Fsp3) is 0.529. The van der Waals surface area contributed by atoms with Crippen LogP contribution in [0.5, 0.6) is 0 Å². The number of benzene rings is 1. The van der Waals surface area contributed by atoms with Crippen LogP contribution in [0, 0.1) is 23.6 Å². The molecule has 1 saturated carbocycles. The van der Waals surface area contributed by atoms with E-state index in [1.54, 1.807) is 6.07 Å². The summed E-state index contributed by atoms with van der Waals surface area (Å²) in [5.74, 6) is 6.59. The molecule has 0 saturated heterocycles. The molecule has 0 radical (unpaired) electrons. The Morgan fingerprint density at radius 2 is 2.25 bits per heavy atom. The molecule has 2 rings (SSSR count). The largest absolute Gasteiger partial charge is 0.384 e. The lowest BCUT2D eigenvalue weighted by Crippen LogP contribution is -2.15. The smallest absolute Gasteiger partial charge is 0.138 e. The number of halogens is 1. The van der Waals surface area contributed by atoms with E-state index in [9.17, 15) is 4.39 Å². The van der Waals surface area contributed by atoms with Crippen LogP contribution in [0.2, 0.25) is 0 Å². The summed E-state index contributed by atoms with van der Waals surface area (Å²) in [5.41, 5.74) is 1.49. The van der Waals surface area contributed by atoms with Crippen LogP contribution in [0.1, 0.15) is 43.7 Å². The minimum Gasteiger partial charge on any atom is -0.384 e. The van der Waals surface area contributed by atoms with E-state index in [4.69, 9.17) is 5.11 Å². The zero-order valence-electron chi connectivity index (χ0n) is 11.9. The molecule has 0 spiro atoms. The van der Waals surface area contributed by atoms with Crippen molar-refractivity contribution in [2.45, 2.75) is 43.6 Å². The topological polar surface area (TPSA) is 20.2 Å². The molecule has 1 N–H and O–H groups in total. The van der Waals surface area contributed by atoms with Crippen molar-refractivity contribution in [3.05, 3.63) is 35.1 Å². The second-order valence-electron chi connectivity index (χ2n) is 5.48. The molecule has 2 unspecified atom stereocenters. The molecule has 0 aliphatic heterocycles. The van der Waals surface area contributed by atoms with Gasteiger partial charge in [-0.25, -0.2) is 4.39 Å². The van der Waals surface area contributed by atoms with Gasteiger partial charge in [0.1, 0.15) is 12.4 Å². The molecule has 1 aliphatic rings. The van der Waals surface area contributed by atoms with Crippen molar-refractivity contribution >= 4 is 11.8 Å². The Morgan fingerprint density at radius 1 is 1.40 bits per heavy atom. The van der Waals surface area contributed by atoms with Gasteiger partial charge in [-0.05, 0) is 36.5 Å². The summed E-state index contributed by atoms with van der Waals surface area (Å²) >= 11 is 1.97. The van der Waals surface area contributed by atoms with Crippen LogP contribution < -0.4 is 0 Å². The monoisotopic (exact) mass is 292 g/mol. The summed E-state index contributed by atoms with van der Waals surface area (Å²) in [5, 5.41) is 9.42. The number of hydrogen-bond acceptors (Lipinski definition) is 2. The van der Waals surface area contributed by atoms with Crippen molar-refractivity contribution in [3.8, 4) is 11.8 Å². The van der Waals surface area contributed by atoms with E-state index >= 15 is 0 Å². The van der Waals surface area contributed by atoms with Gasteiger partial charge in [0.2, 0.25) is 0 Å². The van der Waals surface area contributed by atoms with Crippen molar-refractivity contribution in [1.82, 2.24) is 0 Å². The summed E-state index contributed by atoms with van der Waals surface area (Å²) in [6.45, 7) is 2.09. The predicted molar refractivity (Wildman–Crippen MR) is 83.1 cm³/mol. The minimum atomic E-state index is -0.314. The standard InChI is InChI=1S/C17H21FOS/c1-13-4-2-6-16(10-13)20-12-14-7-8-17(18)15(11-14)5-3-9-19/h7-8,11,13,16,19H,2,4,6,9-10,12H2,1H3. The first-order valence-corrected chi connectivity index (χ1v) is 8.23. The van der Waals surface area contributed by atoms with Crippen LogP contribution in [-0.4, -0.2) is 17.0 Å². The fourth-order valence-corrected chi connectivity index (χ4v) is 4.04. The van der Waals surface area contributed by atoms with Gasteiger partial charge in [-0.1, -0.05) is 37.7 Å². The molecule has 1 aromatic rings. The SMILES string of the molecule is CC1CCCC(SCc2ccc(F)c(C#CCO)c2)C1. The van der Waals surface area contributed by atoms with E-state index in [1.165, 1.54) is 31.7 Å². The summed E-state index contributed by atoms with van der Waals surface area (Å²) in [6, 6.07) is 5.11. The second kappa shape index (κ2) is 7.71. The lowest BCUT2D eigenvalue weighted by Gasteiger charge is -2.26. The first-order chi connectivity index (χ1) is 9.69. The Balaban J connectivity index is 1.95. The maximum Gasteiger partial charge on any atom is 0.138 e. The Labute approximate surface area is 125 Å². The van der Waals surface area contributed by atoms with E-state index in [-0.39, 0.29) is 12.4 Å². The first kappa shape index (κ1) is 15.4. The zero-order chi connectivity index (χ0) is 14.4. The van der Waals surface area contributed by atoms with E-state index in [2.05, 4.69) is 18.8 Å². The third kappa shape index (κ3) is 4.54. The third-order valence-corrected chi connectivity index (χ3v) is 5.11. The Bertz CT molecular complexity index is 503. The zero-order valence-corrected chi connectivity index (χ0v) is 12.7. The summed E-state index contributed by atoms with van der Waals surface area (Å²) in [7, 11) is 0. The number of rotatable bonds is 3. The summed E-state index contributed by atoms with van der Waals surface area (Å²) < 4.78 is 13.5. The van der Waals surface area contributed by atoms with Gasteiger partial charge in [0.15, 0.2) is 0 Å². The molecular formula is C17H21FOS. The van der Waals surface area contributed by atoms with Gasteiger partial charge in [0.05, 0.1) is 5.56 Å². The van der Waals surface area contributed by atoms with Crippen LogP contribution in [0.3, 0.4) is 0 Å². The van der Waals surface area contributed by atoms with Gasteiger partial charge in [-0.15, -0.1) is 0 Å². The summed E-state index contributed by atoms with van der Waals surface area (Å²) in [4.78, 5) is 0. The quantitative estimate of drug-likeness (QED) is 0.850. The molecule has 0 amide bonds. The Kier molecular flexibility index (Phi) is 5.94. The van der Waals surface area contributed by atoms with E-state index < -0.39 is 0 Å². The molecule has 108 valence electrons. The molecule has 1 fully saturated rings. The van der Waals surface area contributed by atoms with Crippen LogP contribution in [0.25, 0.3) is 0 Å². The van der Waals surface area contributed by atoms with E-state index in [1.807, 2.05) is 17.8 Å². The predicted octanol–water partition coefficient (Wildman–Crippen LogP) is 3.98. The molecule has 2 atom stereocenters. The number of aliphatic hydroxyl groups excluding tert-OH is 1. The Hall–Kier alpha value is -0.980. The molecule has 1 aliphatic carbocycles. The molecule has 0 bridgehead atoms. The highest BCUT2D eigenvalue weighted by Gasteiger charge is 2.19. The molecule has 0 aromatic heterocycles. The van der Waals surface area contributed by atoms with Crippen LogP contribution >= 0.6 is 11.8 Å². The molecular weight excluding hydrogens is 271 g/mol. The summed E-state index contributed by atoms with van der Waals surface area (Å²) in [6.07, 6.45) is 5.28. The van der Waals surface area contributed by atoms with Crippen molar-refractivity contribution < 1.29 is 9.50 Å². The van der Waals surface area contributed by atoms with Gasteiger partial charge in [0.25, 0.3) is 0 Å². The van der Waals surface area contributed by atoms with Gasteiger partial charge >= 0.3 is 0 Å². The van der Waals surface area contributed by atoms with Crippen molar-refractivity contribution in [2.75, 3.05) is 6.61 Å². The molecule has 3 heteroatoms. The van der Waals surface area contributed by atoms with Crippen LogP contribution in [0.15, 0.2) is 18.2 Å². The lowest BCUT2D eigenvalue weighted by atomic mass is 9.91. The third-order valence-electron chi connectivity index (χ3n) is 3.71. The maximum atomic E-state index is 13.5. The van der Waals surface area contributed by atoms with Crippen molar-refractivity contribution in [1.29, 1.82) is 0 Å². The first-order valence-electron chi connectivity index (χ1n) is 7.19. The number of aliphatic hydroxyl groups is 1. The fourth-order valence-electron chi connectivity index (χ4n) is 2.64. The van der Waals surface area contributed by atoms with Crippen LogP contribution in [-0.2, 0) is 5.75 Å². The second-order valence-corrected chi connectivity index (χ2v) is 6.77. The van der Waals surface area contributed by atoms with Gasteiger partial charge in [-0.2, -0.15) is 11.8 Å². The van der Waals surface area contributed by atoms with E-state index in [0.29, 0.717) is 5.56 Å². The average molecular weight is 292 g/mol. The highest BCUT2D eigenvalue weighted by molar-refractivity contribution is 7.99. The number of thioether (sulfide) groups is 1. The molecule has 1 aromatic carbocycles. The van der Waals surface area contributed by atoms with Crippen molar-refractivity contribution in [3.63, 3.8) is 0 Å². The van der Waals surface area contributed by atoms with Gasteiger partial charge in [0, 0.05) is 11.0 Å². The highest BCUT2D eigenvalue weighted by atomic mass is 32.2. The van der Waals surface area contributed by atoms with Crippen molar-refractivity contribution in [2.24, 2.45) is 5.92 Å². The molecule has 0 heterocycles.